The largest absolute Gasteiger partial charge is 0.508 e. The highest BCUT2D eigenvalue weighted by Gasteiger charge is 2.41. The molecule has 4 heterocycles. The Hall–Kier alpha value is -4.37. The van der Waals surface area contributed by atoms with Crippen molar-refractivity contribution in [3.05, 3.63) is 88.5 Å². The van der Waals surface area contributed by atoms with E-state index in [1.165, 1.54) is 54.5 Å². The minimum atomic E-state index is -0.579. The first-order valence-corrected chi connectivity index (χ1v) is 19.3. The van der Waals surface area contributed by atoms with Gasteiger partial charge in [0.1, 0.15) is 11.8 Å². The van der Waals surface area contributed by atoms with Gasteiger partial charge in [0.15, 0.2) is 0 Å². The zero-order valence-electron chi connectivity index (χ0n) is 29.4. The van der Waals surface area contributed by atoms with E-state index in [0.29, 0.717) is 42.0 Å². The number of rotatable bonds is 7. The molecule has 2 aliphatic carbocycles. The van der Waals surface area contributed by atoms with Crippen LogP contribution < -0.4 is 15.1 Å². The Morgan fingerprint density at radius 2 is 1.45 bits per heavy atom. The van der Waals surface area contributed by atoms with Crippen LogP contribution in [-0.2, 0) is 22.6 Å². The van der Waals surface area contributed by atoms with Crippen molar-refractivity contribution in [1.29, 1.82) is 0 Å². The van der Waals surface area contributed by atoms with Gasteiger partial charge in [-0.05, 0) is 127 Å². The molecule has 3 atom stereocenters. The van der Waals surface area contributed by atoms with Crippen molar-refractivity contribution in [2.24, 2.45) is 17.8 Å². The molecule has 0 spiro atoms. The van der Waals surface area contributed by atoms with Gasteiger partial charge < -0.3 is 19.8 Å². The van der Waals surface area contributed by atoms with E-state index < -0.39 is 6.04 Å². The lowest BCUT2D eigenvalue weighted by Crippen LogP contribution is -2.52. The highest BCUT2D eigenvalue weighted by atomic mass is 16.3. The fourth-order valence-corrected chi connectivity index (χ4v) is 9.87. The number of imide groups is 1. The first kappa shape index (κ1) is 32.5. The Labute approximate surface area is 300 Å². The Bertz CT molecular complexity index is 1820. The summed E-state index contributed by atoms with van der Waals surface area (Å²) in [6, 6.07) is 21.0. The normalized spacial score (nSPS) is 25.9. The summed E-state index contributed by atoms with van der Waals surface area (Å²) in [7, 11) is 0. The topological polar surface area (TPSA) is 96.4 Å². The molecule has 1 saturated carbocycles. The molecule has 0 unspecified atom stereocenters. The van der Waals surface area contributed by atoms with Gasteiger partial charge in [0.2, 0.25) is 11.8 Å². The Morgan fingerprint density at radius 1 is 0.706 bits per heavy atom. The van der Waals surface area contributed by atoms with E-state index in [1.54, 1.807) is 4.90 Å². The van der Waals surface area contributed by atoms with Gasteiger partial charge in [-0.1, -0.05) is 18.2 Å². The molecule has 6 aliphatic rings. The Kier molecular flexibility index (Phi) is 8.49. The average molecular weight is 688 g/mol. The van der Waals surface area contributed by atoms with Crippen LogP contribution in [0.25, 0.3) is 0 Å². The first-order valence-electron chi connectivity index (χ1n) is 19.3. The van der Waals surface area contributed by atoms with Crippen molar-refractivity contribution in [2.75, 3.05) is 55.6 Å². The molecule has 3 amide bonds. The molecule has 2 N–H and O–H groups in total. The van der Waals surface area contributed by atoms with Crippen molar-refractivity contribution in [2.45, 2.75) is 69.9 Å². The van der Waals surface area contributed by atoms with Crippen molar-refractivity contribution in [3.8, 4) is 5.75 Å². The van der Waals surface area contributed by atoms with Crippen LogP contribution >= 0.6 is 0 Å². The van der Waals surface area contributed by atoms with Gasteiger partial charge in [-0.3, -0.25) is 24.6 Å². The number of hydrogen-bond donors (Lipinski definition) is 2. The molecule has 3 aromatic carbocycles. The van der Waals surface area contributed by atoms with Crippen LogP contribution in [0, 0.1) is 17.8 Å². The van der Waals surface area contributed by atoms with Crippen LogP contribution in [0.5, 0.6) is 5.75 Å². The number of piperazine rings is 1. The Balaban J connectivity index is 0.765. The van der Waals surface area contributed by atoms with Gasteiger partial charge in [-0.15, -0.1) is 0 Å². The Morgan fingerprint density at radius 3 is 2.20 bits per heavy atom. The average Bonchev–Trinajstić information content (AvgIpc) is 3.95. The highest BCUT2D eigenvalue weighted by molar-refractivity contribution is 6.05. The number of piperidine rings is 2. The SMILES string of the molecule is O=C1CC[C@@H](N2Cc3cc(N4CCN(CC5CCN(c6ccc([C@@H]7c8ccc(O)cc8CC[C@@H]7C7CC7)cc6)CC5)CC4)ccc3C2=O)C(=O)N1. The number of fused-ring (bicyclic) bond motifs is 2. The van der Waals surface area contributed by atoms with Crippen LogP contribution in [0.3, 0.4) is 0 Å². The second-order valence-corrected chi connectivity index (χ2v) is 16.0. The van der Waals surface area contributed by atoms with E-state index in [9.17, 15) is 19.5 Å². The summed E-state index contributed by atoms with van der Waals surface area (Å²) in [4.78, 5) is 46.4. The summed E-state index contributed by atoms with van der Waals surface area (Å²) >= 11 is 0. The van der Waals surface area contributed by atoms with E-state index in [1.807, 2.05) is 24.3 Å². The van der Waals surface area contributed by atoms with Gasteiger partial charge in [-0.2, -0.15) is 0 Å². The molecule has 0 aromatic heterocycles. The number of benzene rings is 3. The number of amides is 3. The third-order valence-corrected chi connectivity index (χ3v) is 12.9. The predicted molar refractivity (Wildman–Crippen MR) is 197 cm³/mol. The monoisotopic (exact) mass is 687 g/mol. The van der Waals surface area contributed by atoms with Crippen LogP contribution in [-0.4, -0.2) is 84.5 Å². The molecule has 4 fully saturated rings. The molecule has 3 aromatic rings. The van der Waals surface area contributed by atoms with E-state index >= 15 is 0 Å². The fraction of sp³-hybridized carbons (Fsp3) is 0.500. The van der Waals surface area contributed by atoms with Crippen LogP contribution in [0.1, 0.15) is 83.5 Å². The lowest BCUT2D eigenvalue weighted by atomic mass is 9.70. The molecular formula is C42H49N5O4. The molecule has 0 bridgehead atoms. The third kappa shape index (κ3) is 6.39. The van der Waals surface area contributed by atoms with E-state index in [-0.39, 0.29) is 24.1 Å². The molecular weight excluding hydrogens is 638 g/mol. The molecule has 9 rings (SSSR count). The van der Waals surface area contributed by atoms with Gasteiger partial charge >= 0.3 is 0 Å². The number of aryl methyl sites for hydroxylation is 1. The van der Waals surface area contributed by atoms with Crippen molar-refractivity contribution < 1.29 is 19.5 Å². The lowest BCUT2D eigenvalue weighted by molar-refractivity contribution is -0.136. The molecule has 4 aliphatic heterocycles. The van der Waals surface area contributed by atoms with Crippen molar-refractivity contribution in [3.63, 3.8) is 0 Å². The number of hydrogen-bond acceptors (Lipinski definition) is 7. The van der Waals surface area contributed by atoms with Crippen molar-refractivity contribution in [1.82, 2.24) is 15.1 Å². The predicted octanol–water partition coefficient (Wildman–Crippen LogP) is 5.30. The van der Waals surface area contributed by atoms with Gasteiger partial charge in [-0.25, -0.2) is 0 Å². The first-order chi connectivity index (χ1) is 24.9. The van der Waals surface area contributed by atoms with E-state index in [4.69, 9.17) is 0 Å². The quantitative estimate of drug-likeness (QED) is 0.326. The van der Waals surface area contributed by atoms with Gasteiger partial charge in [0.25, 0.3) is 5.91 Å². The summed E-state index contributed by atoms with van der Waals surface area (Å²) in [5, 5.41) is 12.5. The number of phenolic OH excluding ortho intramolecular Hbond substituents is 1. The van der Waals surface area contributed by atoms with E-state index in [0.717, 1.165) is 69.4 Å². The second kappa shape index (κ2) is 13.3. The molecule has 9 heteroatoms. The molecule has 3 saturated heterocycles. The van der Waals surface area contributed by atoms with E-state index in [2.05, 4.69) is 56.4 Å². The minimum absolute atomic E-state index is 0.117. The van der Waals surface area contributed by atoms with Crippen molar-refractivity contribution >= 4 is 29.1 Å². The summed E-state index contributed by atoms with van der Waals surface area (Å²) in [5.74, 6) is 2.35. The zero-order valence-corrected chi connectivity index (χ0v) is 29.4. The molecule has 0 radical (unpaired) electrons. The summed E-state index contributed by atoms with van der Waals surface area (Å²) < 4.78 is 0. The zero-order chi connectivity index (χ0) is 34.6. The number of carbonyl (C=O) groups is 3. The number of aromatic hydroxyl groups is 1. The van der Waals surface area contributed by atoms with Gasteiger partial charge in [0.05, 0.1) is 0 Å². The number of nitrogens with one attached hydrogen (secondary N) is 1. The number of nitrogens with zero attached hydrogens (tertiary/aromatic N) is 4. The van der Waals surface area contributed by atoms with Crippen LogP contribution in [0.2, 0.25) is 0 Å². The molecule has 9 nitrogen and oxygen atoms in total. The number of anilines is 2. The smallest absolute Gasteiger partial charge is 0.255 e. The maximum atomic E-state index is 13.1. The summed E-state index contributed by atoms with van der Waals surface area (Å²) in [5.41, 5.74) is 8.29. The standard InChI is InChI=1S/C42H49N5O4/c48-34-9-12-36-30(24-34)5-10-35(28-1-2-28)40(36)29-3-6-32(7-4-29)45-17-15-27(16-18-45)25-44-19-21-46(22-20-44)33-8-11-37-31(23-33)26-47(42(37)51)38-13-14-39(49)43-41(38)50/h3-4,6-9,11-12,23-24,27-28,35,38,40,48H,1-2,5,10,13-22,25-26H2,(H,43,49,50)/t35-,38-,40+/m1/s1. The molecule has 51 heavy (non-hydrogen) atoms. The highest BCUT2D eigenvalue weighted by Crippen LogP contribution is 2.52. The minimum Gasteiger partial charge on any atom is -0.508 e. The maximum Gasteiger partial charge on any atom is 0.255 e. The second-order valence-electron chi connectivity index (χ2n) is 16.0. The third-order valence-electron chi connectivity index (χ3n) is 12.9. The molecule has 266 valence electrons. The number of phenols is 1. The maximum absolute atomic E-state index is 13.1. The summed E-state index contributed by atoms with van der Waals surface area (Å²) in [6.45, 7) is 7.76. The fourth-order valence-electron chi connectivity index (χ4n) is 9.87. The summed E-state index contributed by atoms with van der Waals surface area (Å²) in [6.07, 6.45) is 8.12. The van der Waals surface area contributed by atoms with Crippen LogP contribution in [0.4, 0.5) is 11.4 Å². The number of carbonyl (C=O) groups excluding carboxylic acids is 3. The van der Waals surface area contributed by atoms with Gasteiger partial charge in [0, 0.05) is 81.6 Å². The lowest BCUT2D eigenvalue weighted by Gasteiger charge is -2.40. The van der Waals surface area contributed by atoms with Crippen LogP contribution in [0.15, 0.2) is 60.7 Å².